The van der Waals surface area contributed by atoms with Crippen molar-refractivity contribution in [3.63, 3.8) is 0 Å². The lowest BCUT2D eigenvalue weighted by Gasteiger charge is -2.40. The van der Waals surface area contributed by atoms with Crippen LogP contribution in [0.4, 0.5) is 5.69 Å². The number of likely N-dealkylation sites (N-methyl/N-ethyl adjacent to an activating group) is 1. The molecule has 2 rings (SSSR count). The summed E-state index contributed by atoms with van der Waals surface area (Å²) in [6.07, 6.45) is 0. The molecule has 6 heteroatoms. The van der Waals surface area contributed by atoms with Crippen LogP contribution < -0.4 is 10.2 Å². The van der Waals surface area contributed by atoms with Gasteiger partial charge in [-0.05, 0) is 24.3 Å². The molecule has 0 saturated carbocycles. The van der Waals surface area contributed by atoms with Crippen molar-refractivity contribution in [2.45, 2.75) is 5.60 Å². The van der Waals surface area contributed by atoms with E-state index in [1.807, 2.05) is 11.9 Å². The van der Waals surface area contributed by atoms with Crippen LogP contribution in [-0.4, -0.2) is 48.5 Å². The Morgan fingerprint density at radius 1 is 1.39 bits per heavy atom. The average Bonchev–Trinajstić information content (AvgIpc) is 2.27. The van der Waals surface area contributed by atoms with Gasteiger partial charge in [0.25, 0.3) is 0 Å². The first-order chi connectivity index (χ1) is 8.00. The maximum atomic E-state index is 10.7. The van der Waals surface area contributed by atoms with Crippen molar-refractivity contribution in [3.05, 3.63) is 29.8 Å². The van der Waals surface area contributed by atoms with Crippen molar-refractivity contribution in [2.75, 3.05) is 31.6 Å². The minimum absolute atomic E-state index is 0. The highest BCUT2D eigenvalue weighted by atomic mass is 35.5. The smallest absolute Gasteiger partial charge is 0.335 e. The van der Waals surface area contributed by atoms with Crippen molar-refractivity contribution in [1.29, 1.82) is 0 Å². The lowest BCUT2D eigenvalue weighted by atomic mass is 9.96. The van der Waals surface area contributed by atoms with E-state index in [9.17, 15) is 9.90 Å². The molecule has 0 aliphatic carbocycles. The first-order valence-corrected chi connectivity index (χ1v) is 5.48. The molecule has 0 bridgehead atoms. The summed E-state index contributed by atoms with van der Waals surface area (Å²) in [6, 6.07) is 6.63. The van der Waals surface area contributed by atoms with Gasteiger partial charge in [-0.2, -0.15) is 0 Å². The fourth-order valence-corrected chi connectivity index (χ4v) is 1.92. The number of β-amino-alcohol motifs (C(OH)–C–C–N with tert-alkyl or cyclic N) is 1. The Labute approximate surface area is 112 Å². The van der Waals surface area contributed by atoms with Crippen molar-refractivity contribution >= 4 is 24.1 Å². The van der Waals surface area contributed by atoms with E-state index >= 15 is 0 Å². The summed E-state index contributed by atoms with van der Waals surface area (Å²) in [7, 11) is 1.88. The summed E-state index contributed by atoms with van der Waals surface area (Å²) in [5, 5.41) is 21.8. The number of carboxylic acids is 1. The molecule has 1 aromatic rings. The molecule has 100 valence electrons. The Bertz CT molecular complexity index is 418. The fraction of sp³-hybridized carbons (Fsp3) is 0.417. The van der Waals surface area contributed by atoms with Crippen molar-refractivity contribution < 1.29 is 15.0 Å². The molecule has 18 heavy (non-hydrogen) atoms. The van der Waals surface area contributed by atoms with E-state index in [2.05, 4.69) is 5.32 Å². The van der Waals surface area contributed by atoms with Gasteiger partial charge >= 0.3 is 5.97 Å². The number of nitrogens with one attached hydrogen (secondary N) is 1. The van der Waals surface area contributed by atoms with Crippen molar-refractivity contribution in [1.82, 2.24) is 5.32 Å². The minimum atomic E-state index is -0.930. The number of aromatic carboxylic acids is 1. The zero-order chi connectivity index (χ0) is 12.5. The largest absolute Gasteiger partial charge is 0.478 e. The number of anilines is 1. The summed E-state index contributed by atoms with van der Waals surface area (Å²) in [5.41, 5.74) is 0.502. The molecular formula is C12H17ClN2O3. The van der Waals surface area contributed by atoms with Crippen LogP contribution in [0, 0.1) is 0 Å². The average molecular weight is 273 g/mol. The number of hydrogen-bond acceptors (Lipinski definition) is 4. The van der Waals surface area contributed by atoms with Gasteiger partial charge in [0.05, 0.1) is 5.56 Å². The van der Waals surface area contributed by atoms with Gasteiger partial charge in [-0.1, -0.05) is 0 Å². The van der Waals surface area contributed by atoms with Gasteiger partial charge in [0.1, 0.15) is 5.60 Å². The second kappa shape index (κ2) is 5.56. The molecule has 0 atom stereocenters. The van der Waals surface area contributed by atoms with Gasteiger partial charge in [0.15, 0.2) is 0 Å². The van der Waals surface area contributed by atoms with Gasteiger partial charge in [-0.3, -0.25) is 0 Å². The molecule has 0 amide bonds. The normalized spacial score (nSPS) is 16.3. The number of nitrogens with zero attached hydrogens (tertiary/aromatic N) is 1. The molecule has 1 aliphatic rings. The van der Waals surface area contributed by atoms with Gasteiger partial charge in [0, 0.05) is 32.4 Å². The number of hydrogen-bond donors (Lipinski definition) is 3. The van der Waals surface area contributed by atoms with Crippen LogP contribution in [0.2, 0.25) is 0 Å². The summed E-state index contributed by atoms with van der Waals surface area (Å²) >= 11 is 0. The van der Waals surface area contributed by atoms with Gasteiger partial charge in [-0.15, -0.1) is 12.4 Å². The lowest BCUT2D eigenvalue weighted by Crippen LogP contribution is -2.64. The van der Waals surface area contributed by atoms with E-state index in [1.54, 1.807) is 24.3 Å². The number of carboxylic acid groups (broad SMARTS) is 1. The van der Waals surface area contributed by atoms with Crippen LogP contribution in [0.1, 0.15) is 10.4 Å². The molecule has 0 spiro atoms. The third-order valence-corrected chi connectivity index (χ3v) is 2.99. The van der Waals surface area contributed by atoms with E-state index in [1.165, 1.54) is 0 Å². The Morgan fingerprint density at radius 3 is 2.33 bits per heavy atom. The van der Waals surface area contributed by atoms with Crippen LogP contribution in [0.3, 0.4) is 0 Å². The topological polar surface area (TPSA) is 72.8 Å². The highest BCUT2D eigenvalue weighted by Gasteiger charge is 2.35. The van der Waals surface area contributed by atoms with Crippen molar-refractivity contribution in [2.24, 2.45) is 0 Å². The molecule has 0 unspecified atom stereocenters. The molecule has 1 aliphatic heterocycles. The molecule has 1 aromatic carbocycles. The second-order valence-electron chi connectivity index (χ2n) is 4.54. The highest BCUT2D eigenvalue weighted by Crippen LogP contribution is 2.18. The number of carbonyl (C=O) groups is 1. The number of rotatable bonds is 4. The highest BCUT2D eigenvalue weighted by molar-refractivity contribution is 5.88. The predicted molar refractivity (Wildman–Crippen MR) is 71.7 cm³/mol. The number of benzene rings is 1. The lowest BCUT2D eigenvalue weighted by molar-refractivity contribution is -0.00156. The fourth-order valence-electron chi connectivity index (χ4n) is 1.92. The zero-order valence-corrected chi connectivity index (χ0v) is 10.9. The number of halogens is 1. The van der Waals surface area contributed by atoms with Crippen LogP contribution in [0.15, 0.2) is 24.3 Å². The van der Waals surface area contributed by atoms with Crippen molar-refractivity contribution in [3.8, 4) is 0 Å². The third kappa shape index (κ3) is 3.13. The maximum absolute atomic E-state index is 10.7. The molecule has 1 saturated heterocycles. The molecular weight excluding hydrogens is 256 g/mol. The third-order valence-electron chi connectivity index (χ3n) is 2.99. The van der Waals surface area contributed by atoms with E-state index < -0.39 is 11.6 Å². The molecule has 0 radical (unpaired) electrons. The molecule has 0 aromatic heterocycles. The summed E-state index contributed by atoms with van der Waals surface area (Å²) in [6.45, 7) is 1.74. The summed E-state index contributed by atoms with van der Waals surface area (Å²) < 4.78 is 0. The summed E-state index contributed by atoms with van der Waals surface area (Å²) in [4.78, 5) is 12.6. The van der Waals surface area contributed by atoms with Crippen LogP contribution >= 0.6 is 12.4 Å². The monoisotopic (exact) mass is 272 g/mol. The van der Waals surface area contributed by atoms with Gasteiger partial charge in [-0.25, -0.2) is 4.79 Å². The van der Waals surface area contributed by atoms with Gasteiger partial charge in [0.2, 0.25) is 0 Å². The minimum Gasteiger partial charge on any atom is -0.478 e. The molecule has 1 fully saturated rings. The zero-order valence-electron chi connectivity index (χ0n) is 10.1. The molecule has 1 heterocycles. The van der Waals surface area contributed by atoms with Crippen LogP contribution in [0.25, 0.3) is 0 Å². The van der Waals surface area contributed by atoms with E-state index in [4.69, 9.17) is 5.11 Å². The predicted octanol–water partition coefficient (Wildman–Crippen LogP) is 0.577. The summed E-state index contributed by atoms with van der Waals surface area (Å²) in [5.74, 6) is -0.930. The van der Waals surface area contributed by atoms with E-state index in [0.717, 1.165) is 5.69 Å². The Kier molecular flexibility index (Phi) is 4.56. The molecule has 3 N–H and O–H groups in total. The first-order valence-electron chi connectivity index (χ1n) is 5.48. The second-order valence-corrected chi connectivity index (χ2v) is 4.54. The SMILES string of the molecule is CN(CC1(O)CNC1)c1ccc(C(=O)O)cc1.Cl. The van der Waals surface area contributed by atoms with Gasteiger partial charge < -0.3 is 20.4 Å². The Hall–Kier alpha value is -1.30. The standard InChI is InChI=1S/C12H16N2O3.ClH/c1-14(8-12(17)6-13-7-12)10-4-2-9(3-5-10)11(15)16;/h2-5,13,17H,6-8H2,1H3,(H,15,16);1H. The molecule has 5 nitrogen and oxygen atoms in total. The number of aliphatic hydroxyl groups is 1. The Morgan fingerprint density at radius 2 is 1.94 bits per heavy atom. The van der Waals surface area contributed by atoms with E-state index in [0.29, 0.717) is 19.6 Å². The van der Waals surface area contributed by atoms with Crippen LogP contribution in [0.5, 0.6) is 0 Å². The maximum Gasteiger partial charge on any atom is 0.335 e. The van der Waals surface area contributed by atoms with Crippen LogP contribution in [-0.2, 0) is 0 Å². The first kappa shape index (κ1) is 14.8. The van der Waals surface area contributed by atoms with E-state index in [-0.39, 0.29) is 18.0 Å². The quantitative estimate of drug-likeness (QED) is 0.748. The Balaban J connectivity index is 0.00000162.